The van der Waals surface area contributed by atoms with Gasteiger partial charge < -0.3 is 28.4 Å². The summed E-state index contributed by atoms with van der Waals surface area (Å²) >= 11 is 0. The number of nitrogens with zero attached hydrogens (tertiary/aromatic N) is 4. The first-order valence-electron chi connectivity index (χ1n) is 25.7. The molecule has 0 bridgehead atoms. The molecule has 0 N–H and O–H groups in total. The third kappa shape index (κ3) is 6.61. The lowest BCUT2D eigenvalue weighted by Gasteiger charge is -2.44. The van der Waals surface area contributed by atoms with Crippen LogP contribution in [0.1, 0.15) is 11.1 Å². The predicted octanol–water partition coefficient (Wildman–Crippen LogP) is 17.1. The summed E-state index contributed by atoms with van der Waals surface area (Å²) in [5, 5.41) is 4.28. The van der Waals surface area contributed by atoms with Crippen molar-refractivity contribution in [2.45, 2.75) is 13.8 Å². The summed E-state index contributed by atoms with van der Waals surface area (Å²) in [5.41, 5.74) is 22.2. The molecule has 0 saturated heterocycles. The van der Waals surface area contributed by atoms with Crippen LogP contribution in [0.4, 0.5) is 68.2 Å². The third-order valence-electron chi connectivity index (χ3n) is 15.4. The van der Waals surface area contributed by atoms with Crippen LogP contribution < -0.4 is 36.0 Å². The summed E-state index contributed by atoms with van der Waals surface area (Å²) in [6.07, 6.45) is 0. The summed E-state index contributed by atoms with van der Waals surface area (Å²) in [6, 6.07) is 89.1. The maximum atomic E-state index is 7.36. The zero-order chi connectivity index (χ0) is 49.7. The molecule has 0 radical (unpaired) electrons. The molecule has 2 aliphatic heterocycles. The van der Waals surface area contributed by atoms with E-state index in [2.05, 4.69) is 282 Å². The summed E-state index contributed by atoms with van der Waals surface area (Å²) in [7, 11) is 0. The Hall–Kier alpha value is -9.72. The van der Waals surface area contributed by atoms with Gasteiger partial charge in [0.1, 0.15) is 11.2 Å². The topological polar surface area (TPSA) is 39.2 Å². The van der Waals surface area contributed by atoms with E-state index < -0.39 is 0 Å². The Kier molecular flexibility index (Phi) is 9.69. The molecular weight excluding hydrogens is 916 g/mol. The maximum Gasteiger partial charge on any atom is 0.252 e. The van der Waals surface area contributed by atoms with Gasteiger partial charge in [0.25, 0.3) is 6.71 Å². The molecule has 11 aromatic carbocycles. The first-order valence-corrected chi connectivity index (χ1v) is 25.7. The van der Waals surface area contributed by atoms with E-state index in [9.17, 15) is 0 Å². The van der Waals surface area contributed by atoms with Gasteiger partial charge in [0.2, 0.25) is 0 Å². The van der Waals surface area contributed by atoms with E-state index in [0.717, 1.165) is 112 Å². The number of fused-ring (bicyclic) bond motifs is 12. The zero-order valence-electron chi connectivity index (χ0n) is 41.4. The Bertz CT molecular complexity index is 4010. The standard InChI is InChI=1S/C68H47BN4O2/c1-44-20-15-17-30-58(44)72-60-32-19-33-61-64(60)69(56-40-38-54-52-36-34-50(42-62(52)74-67(54)65(56)72)70(46-22-7-3-8-23-46)47-24-9-4-10-25-47)57-41-39-55-53-37-35-51(71(48-26-11-5-12-27-48)49-28-13-6-14-29-49)43-63(53)75-68(55)66(57)73(61)59-31-18-16-21-45(59)2/h3-43H,1-2H3. The normalized spacial score (nSPS) is 12.6. The lowest BCUT2D eigenvalue weighted by Crippen LogP contribution is -2.61. The van der Waals surface area contributed by atoms with Crippen LogP contribution in [0.25, 0.3) is 43.9 Å². The van der Waals surface area contributed by atoms with Crippen molar-refractivity contribution in [1.82, 2.24) is 0 Å². The molecule has 0 amide bonds. The third-order valence-corrected chi connectivity index (χ3v) is 15.4. The van der Waals surface area contributed by atoms with Crippen molar-refractivity contribution >= 4 is 135 Å². The number of anilines is 12. The van der Waals surface area contributed by atoms with Gasteiger partial charge in [-0.15, -0.1) is 0 Å². The van der Waals surface area contributed by atoms with E-state index in [-0.39, 0.29) is 6.71 Å². The second-order valence-electron chi connectivity index (χ2n) is 19.7. The van der Waals surface area contributed by atoms with Crippen LogP contribution in [0.2, 0.25) is 0 Å². The second kappa shape index (κ2) is 16.9. The first-order chi connectivity index (χ1) is 37.1. The number of furan rings is 2. The van der Waals surface area contributed by atoms with Crippen molar-refractivity contribution in [3.05, 3.63) is 260 Å². The Morgan fingerprint density at radius 1 is 0.320 bits per heavy atom. The van der Waals surface area contributed by atoms with E-state index >= 15 is 0 Å². The van der Waals surface area contributed by atoms with Gasteiger partial charge in [-0.2, -0.15) is 0 Å². The molecule has 75 heavy (non-hydrogen) atoms. The minimum Gasteiger partial charge on any atom is -0.454 e. The number of hydrogen-bond donors (Lipinski definition) is 0. The van der Waals surface area contributed by atoms with E-state index in [1.54, 1.807) is 0 Å². The van der Waals surface area contributed by atoms with E-state index in [4.69, 9.17) is 8.83 Å². The van der Waals surface area contributed by atoms with Gasteiger partial charge in [-0.1, -0.05) is 140 Å². The molecule has 0 unspecified atom stereocenters. The van der Waals surface area contributed by atoms with Crippen molar-refractivity contribution in [3.63, 3.8) is 0 Å². The van der Waals surface area contributed by atoms with Crippen molar-refractivity contribution in [1.29, 1.82) is 0 Å². The fourth-order valence-electron chi connectivity index (χ4n) is 12.1. The highest BCUT2D eigenvalue weighted by Gasteiger charge is 2.46. The molecule has 354 valence electrons. The Balaban J connectivity index is 0.982. The molecular formula is C68H47BN4O2. The van der Waals surface area contributed by atoms with Crippen molar-refractivity contribution in [2.75, 3.05) is 19.6 Å². The van der Waals surface area contributed by atoms with Crippen LogP contribution in [0.15, 0.2) is 258 Å². The highest BCUT2D eigenvalue weighted by molar-refractivity contribution is 7.00. The molecule has 0 spiro atoms. The summed E-state index contributed by atoms with van der Waals surface area (Å²) < 4.78 is 14.7. The van der Waals surface area contributed by atoms with Crippen LogP contribution in [0, 0.1) is 13.8 Å². The fraction of sp³-hybridized carbons (Fsp3) is 0.0294. The highest BCUT2D eigenvalue weighted by atomic mass is 16.3. The van der Waals surface area contributed by atoms with Crippen LogP contribution in [-0.2, 0) is 0 Å². The van der Waals surface area contributed by atoms with Crippen LogP contribution >= 0.6 is 0 Å². The lowest BCUT2D eigenvalue weighted by molar-refractivity contribution is 0.669. The largest absolute Gasteiger partial charge is 0.454 e. The SMILES string of the molecule is Cc1ccccc1N1c2cccc3c2B(c2ccc4c(oc5cc(N(c6ccccc6)c6ccccc6)ccc54)c21)c1ccc2c(oc4cc(N(c5ccccc5)c5ccccc5)ccc42)c1N3c1ccccc1C. The van der Waals surface area contributed by atoms with Gasteiger partial charge in [-0.25, -0.2) is 0 Å². The Labute approximate surface area is 435 Å². The maximum absolute atomic E-state index is 7.36. The van der Waals surface area contributed by atoms with Gasteiger partial charge >= 0.3 is 0 Å². The van der Waals surface area contributed by atoms with Gasteiger partial charge in [0.15, 0.2) is 11.2 Å². The number of aryl methyl sites for hydroxylation is 2. The van der Waals surface area contributed by atoms with E-state index in [0.29, 0.717) is 0 Å². The van der Waals surface area contributed by atoms with Gasteiger partial charge in [0.05, 0.1) is 11.4 Å². The summed E-state index contributed by atoms with van der Waals surface area (Å²) in [4.78, 5) is 9.53. The molecule has 0 atom stereocenters. The molecule has 15 rings (SSSR count). The minimum absolute atomic E-state index is 0.165. The molecule has 4 heterocycles. The van der Waals surface area contributed by atoms with Crippen LogP contribution in [0.3, 0.4) is 0 Å². The average Bonchev–Trinajstić information content (AvgIpc) is 4.14. The minimum atomic E-state index is -0.165. The number of rotatable bonds is 8. The van der Waals surface area contributed by atoms with Crippen molar-refractivity contribution < 1.29 is 8.83 Å². The van der Waals surface area contributed by atoms with E-state index in [1.165, 1.54) is 27.5 Å². The fourth-order valence-corrected chi connectivity index (χ4v) is 12.1. The molecule has 0 fully saturated rings. The molecule has 0 saturated carbocycles. The zero-order valence-corrected chi connectivity index (χ0v) is 41.4. The molecule has 7 heteroatoms. The molecule has 6 nitrogen and oxygen atoms in total. The lowest BCUT2D eigenvalue weighted by atomic mass is 9.33. The van der Waals surface area contributed by atoms with Gasteiger partial charge in [-0.3, -0.25) is 0 Å². The molecule has 13 aromatic rings. The summed E-state index contributed by atoms with van der Waals surface area (Å²) in [5.74, 6) is 0. The van der Waals surface area contributed by atoms with Gasteiger partial charge in [-0.05, 0) is 138 Å². The van der Waals surface area contributed by atoms with E-state index in [1.807, 2.05) is 0 Å². The van der Waals surface area contributed by atoms with Crippen LogP contribution in [-0.4, -0.2) is 6.71 Å². The summed E-state index contributed by atoms with van der Waals surface area (Å²) in [6.45, 7) is 4.25. The quantitative estimate of drug-likeness (QED) is 0.141. The van der Waals surface area contributed by atoms with Crippen molar-refractivity contribution in [2.24, 2.45) is 0 Å². The first kappa shape index (κ1) is 42.9. The van der Waals surface area contributed by atoms with Gasteiger partial charge in [0, 0.05) is 90.6 Å². The number of para-hydroxylation sites is 6. The molecule has 2 aromatic heterocycles. The van der Waals surface area contributed by atoms with Crippen molar-refractivity contribution in [3.8, 4) is 0 Å². The molecule has 0 aliphatic carbocycles. The number of hydrogen-bond acceptors (Lipinski definition) is 6. The Morgan fingerprint density at radius 2 is 0.667 bits per heavy atom. The monoisotopic (exact) mass is 962 g/mol. The predicted molar refractivity (Wildman–Crippen MR) is 314 cm³/mol. The average molecular weight is 963 g/mol. The second-order valence-corrected chi connectivity index (χ2v) is 19.7. The number of benzene rings is 11. The Morgan fingerprint density at radius 3 is 1.05 bits per heavy atom. The smallest absolute Gasteiger partial charge is 0.252 e. The molecule has 2 aliphatic rings. The van der Waals surface area contributed by atoms with Crippen LogP contribution in [0.5, 0.6) is 0 Å². The highest BCUT2D eigenvalue weighted by Crippen LogP contribution is 2.51.